The number of hydrogen-bond acceptors (Lipinski definition) is 5. The van der Waals surface area contributed by atoms with Gasteiger partial charge in [-0.05, 0) is 25.6 Å². The lowest BCUT2D eigenvalue weighted by Gasteiger charge is -2.35. The minimum absolute atomic E-state index is 0.0660. The van der Waals surface area contributed by atoms with Gasteiger partial charge in [-0.15, -0.1) is 0 Å². The van der Waals surface area contributed by atoms with Crippen molar-refractivity contribution in [3.63, 3.8) is 0 Å². The molecule has 0 bridgehead atoms. The van der Waals surface area contributed by atoms with E-state index >= 15 is 0 Å². The van der Waals surface area contributed by atoms with Gasteiger partial charge in [-0.3, -0.25) is 4.79 Å². The molecule has 1 aliphatic rings. The zero-order chi connectivity index (χ0) is 23.9. The predicted octanol–water partition coefficient (Wildman–Crippen LogP) is 5.10. The van der Waals surface area contributed by atoms with Crippen LogP contribution in [0, 0.1) is 5.92 Å². The topological polar surface area (TPSA) is 83.1 Å². The van der Waals surface area contributed by atoms with E-state index in [9.17, 15) is 4.79 Å². The standard InChI is InChI=1S/C27H37N5O2/c1-4-5-6-7-8-9-14-23(30-26(33)20-17-32(2)18-20)25-28-16-24(29-25)21-15-19-12-10-11-13-22(19)31-27(21)34-3/h10-13,15-16,20,23H,4-9,14,17-18H2,1-3H3,(H,28,29)(H,30,33)/t23-/m0/s1. The number of para-hydroxylation sites is 1. The minimum atomic E-state index is -0.127. The molecule has 1 amide bonds. The first kappa shape index (κ1) is 24.2. The molecular formula is C27H37N5O2. The Morgan fingerprint density at radius 2 is 1.97 bits per heavy atom. The molecule has 0 radical (unpaired) electrons. The Labute approximate surface area is 202 Å². The first-order chi connectivity index (χ1) is 16.6. The molecule has 0 aliphatic carbocycles. The maximum Gasteiger partial charge on any atom is 0.226 e. The lowest BCUT2D eigenvalue weighted by Crippen LogP contribution is -2.52. The van der Waals surface area contributed by atoms with Crippen LogP contribution in [0.3, 0.4) is 0 Å². The van der Waals surface area contributed by atoms with E-state index in [1.54, 1.807) is 7.11 Å². The number of carbonyl (C=O) groups excluding carboxylic acids is 1. The highest BCUT2D eigenvalue weighted by Gasteiger charge is 2.31. The first-order valence-electron chi connectivity index (χ1n) is 12.6. The van der Waals surface area contributed by atoms with Crippen molar-refractivity contribution in [1.29, 1.82) is 0 Å². The number of rotatable bonds is 12. The van der Waals surface area contributed by atoms with Gasteiger partial charge in [-0.25, -0.2) is 9.97 Å². The summed E-state index contributed by atoms with van der Waals surface area (Å²) < 4.78 is 5.58. The number of nitrogens with one attached hydrogen (secondary N) is 2. The third-order valence-electron chi connectivity index (χ3n) is 6.70. The van der Waals surface area contributed by atoms with Crippen molar-refractivity contribution >= 4 is 16.8 Å². The zero-order valence-electron chi connectivity index (χ0n) is 20.6. The molecule has 1 aliphatic heterocycles. The Hall–Kier alpha value is -2.93. The van der Waals surface area contributed by atoms with Crippen LogP contribution in [0.2, 0.25) is 0 Å². The fraction of sp³-hybridized carbons (Fsp3) is 0.519. The van der Waals surface area contributed by atoms with Gasteiger partial charge in [-0.2, -0.15) is 0 Å². The van der Waals surface area contributed by atoms with Gasteiger partial charge in [0.2, 0.25) is 11.8 Å². The van der Waals surface area contributed by atoms with E-state index in [0.29, 0.717) is 5.88 Å². The number of methoxy groups -OCH3 is 1. The second-order valence-corrected chi connectivity index (χ2v) is 9.46. The third kappa shape index (κ3) is 5.76. The molecule has 7 nitrogen and oxygen atoms in total. The molecule has 2 aromatic heterocycles. The van der Waals surface area contributed by atoms with Gasteiger partial charge in [-0.1, -0.05) is 63.6 Å². The summed E-state index contributed by atoms with van der Waals surface area (Å²) in [6, 6.07) is 9.94. The van der Waals surface area contributed by atoms with Crippen molar-refractivity contribution in [3.8, 4) is 17.1 Å². The molecule has 34 heavy (non-hydrogen) atoms. The molecule has 2 N–H and O–H groups in total. The van der Waals surface area contributed by atoms with Crippen LogP contribution in [-0.2, 0) is 4.79 Å². The van der Waals surface area contributed by atoms with Crippen LogP contribution >= 0.6 is 0 Å². The largest absolute Gasteiger partial charge is 0.480 e. The summed E-state index contributed by atoms with van der Waals surface area (Å²) in [5, 5.41) is 4.32. The monoisotopic (exact) mass is 463 g/mol. The number of benzene rings is 1. The molecule has 1 atom stereocenters. The van der Waals surface area contributed by atoms with Crippen LogP contribution in [0.15, 0.2) is 36.5 Å². The normalized spacial score (nSPS) is 15.3. The maximum absolute atomic E-state index is 12.8. The van der Waals surface area contributed by atoms with E-state index < -0.39 is 0 Å². The second-order valence-electron chi connectivity index (χ2n) is 9.46. The molecule has 7 heteroatoms. The van der Waals surface area contributed by atoms with Gasteiger partial charge < -0.3 is 19.9 Å². The molecule has 0 saturated carbocycles. The van der Waals surface area contributed by atoms with Crippen molar-refractivity contribution in [2.45, 2.75) is 57.9 Å². The Balaban J connectivity index is 1.51. The quantitative estimate of drug-likeness (QED) is 0.365. The highest BCUT2D eigenvalue weighted by Crippen LogP contribution is 2.32. The van der Waals surface area contributed by atoms with Gasteiger partial charge in [0.05, 0.1) is 42.0 Å². The smallest absolute Gasteiger partial charge is 0.226 e. The summed E-state index contributed by atoms with van der Waals surface area (Å²) in [5.41, 5.74) is 2.60. The summed E-state index contributed by atoms with van der Waals surface area (Å²) in [6.07, 6.45) is 9.99. The lowest BCUT2D eigenvalue weighted by molar-refractivity contribution is -0.130. The Morgan fingerprint density at radius 3 is 2.74 bits per heavy atom. The predicted molar refractivity (Wildman–Crippen MR) is 136 cm³/mol. The molecule has 1 fully saturated rings. The number of likely N-dealkylation sites (tertiary alicyclic amines) is 1. The number of imidazole rings is 1. The molecule has 1 saturated heterocycles. The van der Waals surface area contributed by atoms with E-state index in [0.717, 1.165) is 53.9 Å². The second kappa shape index (κ2) is 11.5. The van der Waals surface area contributed by atoms with Crippen molar-refractivity contribution in [2.24, 2.45) is 5.92 Å². The highest BCUT2D eigenvalue weighted by molar-refractivity contribution is 5.85. The number of carbonyl (C=O) groups is 1. The number of H-pyrrole nitrogens is 1. The molecule has 0 unspecified atom stereocenters. The van der Waals surface area contributed by atoms with Gasteiger partial charge in [0.1, 0.15) is 5.82 Å². The van der Waals surface area contributed by atoms with Crippen LogP contribution in [-0.4, -0.2) is 53.0 Å². The number of ether oxygens (including phenoxy) is 1. The Morgan fingerprint density at radius 1 is 1.21 bits per heavy atom. The SMILES string of the molecule is CCCCCCCC[C@H](NC(=O)C1CN(C)C1)c1ncc(-c2cc3ccccc3nc2OC)[nH]1. The van der Waals surface area contributed by atoms with E-state index in [-0.39, 0.29) is 17.9 Å². The summed E-state index contributed by atoms with van der Waals surface area (Å²) >= 11 is 0. The van der Waals surface area contributed by atoms with Crippen molar-refractivity contribution in [3.05, 3.63) is 42.4 Å². The molecule has 4 rings (SSSR count). The Bertz CT molecular complexity index is 1090. The number of amides is 1. The summed E-state index contributed by atoms with van der Waals surface area (Å²) in [7, 11) is 3.68. The third-order valence-corrected chi connectivity index (χ3v) is 6.70. The summed E-state index contributed by atoms with van der Waals surface area (Å²) in [6.45, 7) is 3.87. The van der Waals surface area contributed by atoms with E-state index in [4.69, 9.17) is 4.74 Å². The average Bonchev–Trinajstić information content (AvgIpc) is 3.32. The summed E-state index contributed by atoms with van der Waals surface area (Å²) in [4.78, 5) is 27.8. The number of unbranched alkanes of at least 4 members (excludes halogenated alkanes) is 5. The average molecular weight is 464 g/mol. The Kier molecular flexibility index (Phi) is 8.16. The van der Waals surface area contributed by atoms with Crippen LogP contribution in [0.25, 0.3) is 22.2 Å². The van der Waals surface area contributed by atoms with Crippen molar-refractivity contribution < 1.29 is 9.53 Å². The maximum atomic E-state index is 12.8. The van der Waals surface area contributed by atoms with Crippen LogP contribution < -0.4 is 10.1 Å². The van der Waals surface area contributed by atoms with Crippen molar-refractivity contribution in [1.82, 2.24) is 25.2 Å². The zero-order valence-corrected chi connectivity index (χ0v) is 20.6. The fourth-order valence-electron chi connectivity index (χ4n) is 4.66. The molecule has 3 heterocycles. The highest BCUT2D eigenvalue weighted by atomic mass is 16.5. The van der Waals surface area contributed by atoms with Gasteiger partial charge in [0.15, 0.2) is 0 Å². The number of hydrogen-bond donors (Lipinski definition) is 2. The summed E-state index contributed by atoms with van der Waals surface area (Å²) in [5.74, 6) is 1.54. The minimum Gasteiger partial charge on any atom is -0.480 e. The van der Waals surface area contributed by atoms with Crippen LogP contribution in [0.1, 0.15) is 63.7 Å². The van der Waals surface area contributed by atoms with E-state index in [1.165, 1.54) is 32.1 Å². The van der Waals surface area contributed by atoms with E-state index in [2.05, 4.69) is 38.2 Å². The molecule has 182 valence electrons. The van der Waals surface area contributed by atoms with Gasteiger partial charge >= 0.3 is 0 Å². The molecule has 0 spiro atoms. The number of fused-ring (bicyclic) bond motifs is 1. The molecule has 3 aromatic rings. The van der Waals surface area contributed by atoms with E-state index in [1.807, 2.05) is 37.5 Å². The number of nitrogens with zero attached hydrogens (tertiary/aromatic N) is 3. The van der Waals surface area contributed by atoms with Gasteiger partial charge in [0.25, 0.3) is 0 Å². The number of aromatic nitrogens is 3. The van der Waals surface area contributed by atoms with Crippen LogP contribution in [0.4, 0.5) is 0 Å². The number of pyridine rings is 1. The molecular weight excluding hydrogens is 426 g/mol. The van der Waals surface area contributed by atoms with Gasteiger partial charge in [0, 0.05) is 18.5 Å². The van der Waals surface area contributed by atoms with Crippen molar-refractivity contribution in [2.75, 3.05) is 27.2 Å². The van der Waals surface area contributed by atoms with Crippen LogP contribution in [0.5, 0.6) is 5.88 Å². The fourth-order valence-corrected chi connectivity index (χ4v) is 4.66. The number of aromatic amines is 1. The first-order valence-corrected chi connectivity index (χ1v) is 12.6. The molecule has 1 aromatic carbocycles. The lowest BCUT2D eigenvalue weighted by atomic mass is 9.98.